The van der Waals surface area contributed by atoms with Crippen LogP contribution in [0, 0.1) is 0 Å². The van der Waals surface area contributed by atoms with Crippen LogP contribution in [0.2, 0.25) is 0 Å². The summed E-state index contributed by atoms with van der Waals surface area (Å²) in [5, 5.41) is 14.0. The number of carbonyl (C=O) groups excluding carboxylic acids is 1. The lowest BCUT2D eigenvalue weighted by molar-refractivity contribution is -0.131. The Kier molecular flexibility index (Phi) is 4.55. The first-order valence-corrected chi connectivity index (χ1v) is 9.32. The summed E-state index contributed by atoms with van der Waals surface area (Å²) in [6.45, 7) is 1.44. The van der Waals surface area contributed by atoms with Crippen molar-refractivity contribution in [3.63, 3.8) is 0 Å². The van der Waals surface area contributed by atoms with Crippen LogP contribution in [-0.2, 0) is 27.8 Å². The molecule has 2 aliphatic rings. The number of rotatable bonds is 4. The molecule has 26 heavy (non-hydrogen) atoms. The van der Waals surface area contributed by atoms with Crippen LogP contribution in [0.4, 0.5) is 0 Å². The molecule has 1 heterocycles. The fraction of sp³-hybridized carbons (Fsp3) is 0.409. The molecule has 1 amide bonds. The maximum absolute atomic E-state index is 13.2. The van der Waals surface area contributed by atoms with Gasteiger partial charge in [0.15, 0.2) is 0 Å². The number of ether oxygens (including phenoxy) is 1. The van der Waals surface area contributed by atoms with Gasteiger partial charge in [0.1, 0.15) is 0 Å². The molecule has 0 bridgehead atoms. The minimum absolute atomic E-state index is 0.00335. The molecule has 0 unspecified atom stereocenters. The Hall–Kier alpha value is -2.17. The number of benzene rings is 2. The smallest absolute Gasteiger partial charge is 0.230 e. The summed E-state index contributed by atoms with van der Waals surface area (Å²) >= 11 is 0. The molecule has 1 aliphatic heterocycles. The van der Waals surface area contributed by atoms with Gasteiger partial charge in [0.25, 0.3) is 0 Å². The number of carbonyl (C=O) groups is 1. The number of nitrogens with one attached hydrogen (secondary N) is 1. The van der Waals surface area contributed by atoms with E-state index in [2.05, 4.69) is 17.4 Å². The summed E-state index contributed by atoms with van der Waals surface area (Å²) in [5.74, 6) is -0.00335. The molecule has 1 aliphatic carbocycles. The molecule has 1 saturated heterocycles. The lowest BCUT2D eigenvalue weighted by Gasteiger charge is -2.37. The van der Waals surface area contributed by atoms with E-state index in [-0.39, 0.29) is 12.5 Å². The summed E-state index contributed by atoms with van der Waals surface area (Å²) in [6, 6.07) is 18.0. The lowest BCUT2D eigenvalue weighted by Crippen LogP contribution is -2.52. The molecule has 0 aromatic heterocycles. The van der Waals surface area contributed by atoms with Gasteiger partial charge < -0.3 is 15.2 Å². The predicted molar refractivity (Wildman–Crippen MR) is 100.0 cm³/mol. The van der Waals surface area contributed by atoms with Gasteiger partial charge in [-0.05, 0) is 29.5 Å². The van der Waals surface area contributed by atoms with Crippen molar-refractivity contribution in [2.24, 2.45) is 0 Å². The van der Waals surface area contributed by atoms with E-state index in [9.17, 15) is 9.90 Å². The quantitative estimate of drug-likeness (QED) is 0.889. The third-order valence-electron chi connectivity index (χ3n) is 5.84. The summed E-state index contributed by atoms with van der Waals surface area (Å²) < 4.78 is 5.51. The van der Waals surface area contributed by atoms with Gasteiger partial charge in [0.05, 0.1) is 11.0 Å². The second kappa shape index (κ2) is 6.86. The molecule has 4 heteroatoms. The Morgan fingerprint density at radius 1 is 0.962 bits per heavy atom. The van der Waals surface area contributed by atoms with Crippen LogP contribution in [0.3, 0.4) is 0 Å². The number of aliphatic hydroxyl groups is 1. The first kappa shape index (κ1) is 17.3. The Labute approximate surface area is 154 Å². The Morgan fingerprint density at radius 3 is 2.15 bits per heavy atom. The van der Waals surface area contributed by atoms with Gasteiger partial charge in [-0.2, -0.15) is 0 Å². The third kappa shape index (κ3) is 3.15. The second-order valence-electron chi connectivity index (χ2n) is 7.59. The van der Waals surface area contributed by atoms with Crippen molar-refractivity contribution in [2.75, 3.05) is 19.8 Å². The fourth-order valence-electron chi connectivity index (χ4n) is 4.34. The highest BCUT2D eigenvalue weighted by atomic mass is 16.5. The first-order chi connectivity index (χ1) is 12.6. The van der Waals surface area contributed by atoms with Crippen LogP contribution >= 0.6 is 0 Å². The Balaban J connectivity index is 1.50. The molecule has 2 N–H and O–H groups in total. The number of fused-ring (bicyclic) bond motifs is 1. The molecule has 2 aromatic rings. The van der Waals surface area contributed by atoms with Gasteiger partial charge in [-0.1, -0.05) is 54.6 Å². The number of hydrogen-bond donors (Lipinski definition) is 2. The van der Waals surface area contributed by atoms with Crippen LogP contribution in [0.5, 0.6) is 0 Å². The number of hydrogen-bond acceptors (Lipinski definition) is 3. The van der Waals surface area contributed by atoms with Crippen molar-refractivity contribution >= 4 is 5.91 Å². The monoisotopic (exact) mass is 351 g/mol. The normalized spacial score (nSPS) is 20.3. The van der Waals surface area contributed by atoms with E-state index in [4.69, 9.17) is 4.74 Å². The number of amides is 1. The van der Waals surface area contributed by atoms with Crippen molar-refractivity contribution in [2.45, 2.75) is 36.7 Å². The molecule has 2 aromatic carbocycles. The Morgan fingerprint density at radius 2 is 1.54 bits per heavy atom. The van der Waals surface area contributed by atoms with Gasteiger partial charge in [0, 0.05) is 32.6 Å². The first-order valence-electron chi connectivity index (χ1n) is 9.32. The summed E-state index contributed by atoms with van der Waals surface area (Å²) in [5.41, 5.74) is 1.91. The molecule has 0 spiro atoms. The predicted octanol–water partition coefficient (Wildman–Crippen LogP) is 2.38. The largest absolute Gasteiger partial charge is 0.387 e. The highest BCUT2D eigenvalue weighted by Gasteiger charge is 2.43. The molecule has 0 atom stereocenters. The zero-order valence-corrected chi connectivity index (χ0v) is 14.9. The molecule has 136 valence electrons. The van der Waals surface area contributed by atoms with Gasteiger partial charge in [-0.15, -0.1) is 0 Å². The molecule has 1 fully saturated rings. The molecule has 0 radical (unpaired) electrons. The van der Waals surface area contributed by atoms with Crippen molar-refractivity contribution in [3.05, 3.63) is 71.3 Å². The highest BCUT2D eigenvalue weighted by molar-refractivity contribution is 5.88. The van der Waals surface area contributed by atoms with Gasteiger partial charge in [0.2, 0.25) is 5.91 Å². The van der Waals surface area contributed by atoms with Crippen molar-refractivity contribution in [1.82, 2.24) is 5.32 Å². The summed E-state index contributed by atoms with van der Waals surface area (Å²) in [4.78, 5) is 13.2. The van der Waals surface area contributed by atoms with Crippen molar-refractivity contribution in [1.29, 1.82) is 0 Å². The van der Waals surface area contributed by atoms with Crippen LogP contribution < -0.4 is 5.32 Å². The standard InChI is InChI=1S/C22H25NO3/c24-20(22(10-12-26-13-11-22)19-8-2-1-3-9-19)23-16-21(25)14-17-6-4-5-7-18(17)15-21/h1-9,25H,10-16H2,(H,23,24). The van der Waals surface area contributed by atoms with E-state index in [1.54, 1.807) is 0 Å². The third-order valence-corrected chi connectivity index (χ3v) is 5.84. The van der Waals surface area contributed by atoms with Gasteiger partial charge in [-0.3, -0.25) is 4.79 Å². The fourth-order valence-corrected chi connectivity index (χ4v) is 4.34. The molecule has 0 saturated carbocycles. The van der Waals surface area contributed by atoms with Gasteiger partial charge in [-0.25, -0.2) is 0 Å². The lowest BCUT2D eigenvalue weighted by atomic mass is 9.73. The van der Waals surface area contributed by atoms with Crippen LogP contribution in [0.15, 0.2) is 54.6 Å². The average Bonchev–Trinajstić information content (AvgIpc) is 3.04. The summed E-state index contributed by atoms with van der Waals surface area (Å²) in [7, 11) is 0. The highest BCUT2D eigenvalue weighted by Crippen LogP contribution is 2.36. The maximum Gasteiger partial charge on any atom is 0.230 e. The van der Waals surface area contributed by atoms with Crippen molar-refractivity contribution < 1.29 is 14.6 Å². The van der Waals surface area contributed by atoms with Crippen molar-refractivity contribution in [3.8, 4) is 0 Å². The summed E-state index contributed by atoms with van der Waals surface area (Å²) in [6.07, 6.45) is 2.51. The van der Waals surface area contributed by atoms with Crippen LogP contribution in [0.1, 0.15) is 29.5 Å². The molecule has 4 rings (SSSR count). The molecule has 4 nitrogen and oxygen atoms in total. The zero-order valence-electron chi connectivity index (χ0n) is 14.9. The zero-order chi connectivity index (χ0) is 18.0. The topological polar surface area (TPSA) is 58.6 Å². The maximum atomic E-state index is 13.2. The average molecular weight is 351 g/mol. The van der Waals surface area contributed by atoms with E-state index in [1.165, 1.54) is 11.1 Å². The SMILES string of the molecule is O=C(NCC1(O)Cc2ccccc2C1)C1(c2ccccc2)CCOCC1. The minimum atomic E-state index is -0.900. The van der Waals surface area contributed by atoms with E-state index < -0.39 is 11.0 Å². The van der Waals surface area contributed by atoms with E-state index in [1.807, 2.05) is 42.5 Å². The van der Waals surface area contributed by atoms with Crippen LogP contribution in [0.25, 0.3) is 0 Å². The van der Waals surface area contributed by atoms with E-state index >= 15 is 0 Å². The van der Waals surface area contributed by atoms with E-state index in [0.717, 1.165) is 5.56 Å². The molecular weight excluding hydrogens is 326 g/mol. The van der Waals surface area contributed by atoms with Crippen LogP contribution in [-0.4, -0.2) is 36.4 Å². The van der Waals surface area contributed by atoms with E-state index in [0.29, 0.717) is 38.9 Å². The minimum Gasteiger partial charge on any atom is -0.387 e. The molecular formula is C22H25NO3. The Bertz CT molecular complexity index is 756. The van der Waals surface area contributed by atoms with Gasteiger partial charge >= 0.3 is 0 Å². The second-order valence-corrected chi connectivity index (χ2v) is 7.59.